The molecule has 1 aromatic carbocycles. The number of hydrogen-bond acceptors (Lipinski definition) is 5. The van der Waals surface area contributed by atoms with Gasteiger partial charge in [0.2, 0.25) is 5.88 Å². The summed E-state index contributed by atoms with van der Waals surface area (Å²) in [6.45, 7) is 7.15. The Labute approximate surface area is 159 Å². The zero-order valence-electron chi connectivity index (χ0n) is 16.0. The van der Waals surface area contributed by atoms with Crippen molar-refractivity contribution in [1.82, 2.24) is 0 Å². The quantitative estimate of drug-likeness (QED) is 0.844. The smallest absolute Gasteiger partial charge is 0.414 e. The van der Waals surface area contributed by atoms with Crippen molar-refractivity contribution in [2.75, 3.05) is 18.1 Å². The molecule has 2 aliphatic rings. The van der Waals surface area contributed by atoms with Gasteiger partial charge < -0.3 is 15.2 Å². The van der Waals surface area contributed by atoms with Crippen LogP contribution >= 0.6 is 0 Å². The van der Waals surface area contributed by atoms with Gasteiger partial charge in [0, 0.05) is 11.6 Å². The third kappa shape index (κ3) is 3.50. The number of benzene rings is 1. The topological polar surface area (TPSA) is 88.6 Å². The second kappa shape index (κ2) is 7.75. The van der Waals surface area contributed by atoms with Crippen LogP contribution in [0.15, 0.2) is 47.1 Å². The monoisotopic (exact) mass is 367 g/mol. The maximum Gasteiger partial charge on any atom is 0.414 e. The van der Waals surface area contributed by atoms with Crippen LogP contribution in [0, 0.1) is 17.2 Å². The van der Waals surface area contributed by atoms with Crippen LogP contribution in [0.5, 0.6) is 0 Å². The average molecular weight is 367 g/mol. The Kier molecular flexibility index (Phi) is 5.41. The summed E-state index contributed by atoms with van der Waals surface area (Å²) in [6, 6.07) is 9.92. The predicted octanol–water partition coefficient (Wildman–Crippen LogP) is 4.16. The zero-order valence-corrected chi connectivity index (χ0v) is 16.0. The van der Waals surface area contributed by atoms with Crippen molar-refractivity contribution < 1.29 is 14.3 Å². The van der Waals surface area contributed by atoms with Gasteiger partial charge >= 0.3 is 6.09 Å². The minimum Gasteiger partial charge on any atom is -0.447 e. The van der Waals surface area contributed by atoms with E-state index < -0.39 is 0 Å². The average Bonchev–Trinajstić information content (AvgIpc) is 3.07. The molecule has 1 aromatic rings. The van der Waals surface area contributed by atoms with E-state index in [-0.39, 0.29) is 23.8 Å². The van der Waals surface area contributed by atoms with Gasteiger partial charge in [0.1, 0.15) is 24.0 Å². The van der Waals surface area contributed by atoms with Gasteiger partial charge in [-0.25, -0.2) is 4.79 Å². The van der Waals surface area contributed by atoms with E-state index in [1.54, 1.807) is 4.90 Å². The Morgan fingerprint density at radius 1 is 1.37 bits per heavy atom. The van der Waals surface area contributed by atoms with E-state index in [9.17, 15) is 10.1 Å². The molecule has 0 spiro atoms. The number of allylic oxidation sites excluding steroid dienone is 3. The lowest BCUT2D eigenvalue weighted by molar-refractivity contribution is 0.181. The number of anilines is 1. The highest BCUT2D eigenvalue weighted by atomic mass is 16.6. The van der Waals surface area contributed by atoms with Crippen molar-refractivity contribution in [3.05, 3.63) is 52.6 Å². The fourth-order valence-electron chi connectivity index (χ4n) is 3.94. The van der Waals surface area contributed by atoms with E-state index in [1.165, 1.54) is 0 Å². The summed E-state index contributed by atoms with van der Waals surface area (Å²) in [5, 5.41) is 9.71. The SMILES string of the molecule is CCCC(C)C1=C(C)OC(N)=C(C#N)C1c1ccc(N2CCOC2=O)cc1. The maximum atomic E-state index is 11.8. The van der Waals surface area contributed by atoms with Gasteiger partial charge in [-0.2, -0.15) is 5.26 Å². The Morgan fingerprint density at radius 2 is 2.07 bits per heavy atom. The van der Waals surface area contributed by atoms with Crippen LogP contribution < -0.4 is 10.6 Å². The molecule has 2 unspecified atom stereocenters. The first-order chi connectivity index (χ1) is 13.0. The van der Waals surface area contributed by atoms with Gasteiger partial charge in [0.05, 0.1) is 6.54 Å². The van der Waals surface area contributed by atoms with Gasteiger partial charge in [-0.15, -0.1) is 0 Å². The Hall–Kier alpha value is -2.94. The molecule has 0 aromatic heterocycles. The number of nitrogens with zero attached hydrogens (tertiary/aromatic N) is 2. The molecule has 0 aliphatic carbocycles. The first-order valence-electron chi connectivity index (χ1n) is 9.30. The number of ether oxygens (including phenoxy) is 2. The minimum atomic E-state index is -0.330. The van der Waals surface area contributed by atoms with Crippen molar-refractivity contribution in [1.29, 1.82) is 5.26 Å². The van der Waals surface area contributed by atoms with Gasteiger partial charge in [0.15, 0.2) is 0 Å². The van der Waals surface area contributed by atoms with E-state index in [0.29, 0.717) is 18.7 Å². The molecular weight excluding hydrogens is 342 g/mol. The highest BCUT2D eigenvalue weighted by molar-refractivity contribution is 5.89. The van der Waals surface area contributed by atoms with E-state index in [2.05, 4.69) is 19.9 Å². The maximum absolute atomic E-state index is 11.8. The van der Waals surface area contributed by atoms with Gasteiger partial charge in [-0.05, 0) is 42.5 Å². The number of amides is 1. The second-order valence-corrected chi connectivity index (χ2v) is 6.98. The molecule has 2 aliphatic heterocycles. The highest BCUT2D eigenvalue weighted by Crippen LogP contribution is 2.43. The van der Waals surface area contributed by atoms with Crippen molar-refractivity contribution in [2.45, 2.75) is 39.5 Å². The lowest BCUT2D eigenvalue weighted by Crippen LogP contribution is -2.24. The summed E-state index contributed by atoms with van der Waals surface area (Å²) < 4.78 is 10.7. The zero-order chi connectivity index (χ0) is 19.6. The Morgan fingerprint density at radius 3 is 2.63 bits per heavy atom. The molecule has 6 nitrogen and oxygen atoms in total. The molecule has 6 heteroatoms. The number of cyclic esters (lactones) is 1. The lowest BCUT2D eigenvalue weighted by Gasteiger charge is -2.31. The number of hydrogen-bond donors (Lipinski definition) is 1. The summed E-state index contributed by atoms with van der Waals surface area (Å²) >= 11 is 0. The van der Waals surface area contributed by atoms with Gasteiger partial charge in [0.25, 0.3) is 0 Å². The molecule has 0 saturated carbocycles. The van der Waals surface area contributed by atoms with Crippen molar-refractivity contribution in [3.63, 3.8) is 0 Å². The van der Waals surface area contributed by atoms with Crippen LogP contribution in [0.2, 0.25) is 0 Å². The third-order valence-corrected chi connectivity index (χ3v) is 5.21. The minimum absolute atomic E-state index is 0.166. The van der Waals surface area contributed by atoms with Crippen LogP contribution in [-0.4, -0.2) is 19.2 Å². The second-order valence-electron chi connectivity index (χ2n) is 6.98. The normalized spacial score (nSPS) is 21.0. The molecular formula is C21H25N3O3. The van der Waals surface area contributed by atoms with Crippen molar-refractivity contribution in [2.24, 2.45) is 11.7 Å². The Balaban J connectivity index is 2.00. The summed E-state index contributed by atoms with van der Waals surface area (Å²) in [5.41, 5.74) is 9.30. The molecule has 0 bridgehead atoms. The number of rotatable bonds is 5. The van der Waals surface area contributed by atoms with Crippen LogP contribution in [0.3, 0.4) is 0 Å². The number of carbonyl (C=O) groups excluding carboxylic acids is 1. The van der Waals surface area contributed by atoms with Gasteiger partial charge in [-0.3, -0.25) is 4.90 Å². The lowest BCUT2D eigenvalue weighted by atomic mass is 9.76. The van der Waals surface area contributed by atoms with Crippen molar-refractivity contribution >= 4 is 11.8 Å². The molecule has 3 rings (SSSR count). The molecule has 2 N–H and O–H groups in total. The first kappa shape index (κ1) is 18.8. The Bertz CT molecular complexity index is 833. The van der Waals surface area contributed by atoms with Crippen molar-refractivity contribution in [3.8, 4) is 6.07 Å². The number of nitriles is 1. The van der Waals surface area contributed by atoms with E-state index >= 15 is 0 Å². The molecule has 2 heterocycles. The van der Waals surface area contributed by atoms with E-state index in [4.69, 9.17) is 15.2 Å². The van der Waals surface area contributed by atoms with Gasteiger partial charge in [-0.1, -0.05) is 32.4 Å². The number of nitrogens with two attached hydrogens (primary N) is 1. The molecule has 2 atom stereocenters. The number of carbonyl (C=O) groups is 1. The standard InChI is InChI=1S/C21H25N3O3/c1-4-5-13(2)18-14(3)27-20(23)17(12-22)19(18)15-6-8-16(9-7-15)24-10-11-26-21(24)25/h6-9,13,19H,4-5,10-11,23H2,1-3H3. The molecule has 0 radical (unpaired) electrons. The fourth-order valence-corrected chi connectivity index (χ4v) is 3.94. The third-order valence-electron chi connectivity index (χ3n) is 5.21. The molecule has 27 heavy (non-hydrogen) atoms. The molecule has 1 amide bonds. The van der Waals surface area contributed by atoms with Crippen LogP contribution in [0.25, 0.3) is 0 Å². The van der Waals surface area contributed by atoms with E-state index in [0.717, 1.165) is 35.4 Å². The fraction of sp³-hybridized carbons (Fsp3) is 0.429. The summed E-state index contributed by atoms with van der Waals surface area (Å²) in [4.78, 5) is 13.4. The summed E-state index contributed by atoms with van der Waals surface area (Å²) in [5.74, 6) is 0.971. The van der Waals surface area contributed by atoms with Crippen LogP contribution in [0.4, 0.5) is 10.5 Å². The summed E-state index contributed by atoms with van der Waals surface area (Å²) in [7, 11) is 0. The summed E-state index contributed by atoms with van der Waals surface area (Å²) in [6.07, 6.45) is 1.72. The largest absolute Gasteiger partial charge is 0.447 e. The molecule has 142 valence electrons. The predicted molar refractivity (Wildman–Crippen MR) is 103 cm³/mol. The molecule has 1 saturated heterocycles. The first-order valence-corrected chi connectivity index (χ1v) is 9.30. The van der Waals surface area contributed by atoms with Crippen LogP contribution in [-0.2, 0) is 9.47 Å². The molecule has 1 fully saturated rings. The van der Waals surface area contributed by atoms with E-state index in [1.807, 2.05) is 31.2 Å². The van der Waals surface area contributed by atoms with Crippen LogP contribution in [0.1, 0.15) is 45.1 Å². The highest BCUT2D eigenvalue weighted by Gasteiger charge is 2.34.